The molecule has 0 saturated carbocycles. The zero-order chi connectivity index (χ0) is 12.4. The molecule has 0 unspecified atom stereocenters. The van der Waals surface area contributed by atoms with Gasteiger partial charge in [0.2, 0.25) is 0 Å². The molecule has 1 aromatic carbocycles. The molecule has 8 heteroatoms. The van der Waals surface area contributed by atoms with Crippen molar-refractivity contribution in [2.24, 2.45) is 0 Å². The van der Waals surface area contributed by atoms with Crippen LogP contribution in [0.3, 0.4) is 0 Å². The lowest BCUT2D eigenvalue weighted by molar-refractivity contribution is -0.384. The largest absolute Gasteiger partial charge is 0.390 e. The van der Waals surface area contributed by atoms with Gasteiger partial charge in [-0.2, -0.15) is 0 Å². The van der Waals surface area contributed by atoms with Gasteiger partial charge in [0.15, 0.2) is 0 Å². The molecule has 0 aliphatic heterocycles. The standard InChI is InChI=1S/C9H7ClN4O3/c10-8-3-7(1-2-9(8)14(16)17)13-4-6(5-15)11-12-13/h1-4,15H,5H2. The van der Waals surface area contributed by atoms with E-state index in [2.05, 4.69) is 10.3 Å². The number of nitro benzene ring substituents is 1. The van der Waals surface area contributed by atoms with E-state index in [0.717, 1.165) is 0 Å². The molecular weight excluding hydrogens is 248 g/mol. The number of aromatic nitrogens is 3. The first-order valence-electron chi connectivity index (χ1n) is 4.58. The summed E-state index contributed by atoms with van der Waals surface area (Å²) >= 11 is 5.76. The quantitative estimate of drug-likeness (QED) is 0.658. The van der Waals surface area contributed by atoms with Crippen molar-refractivity contribution in [3.63, 3.8) is 0 Å². The SMILES string of the molecule is O=[N+]([O-])c1ccc(-n2cc(CO)nn2)cc1Cl. The summed E-state index contributed by atoms with van der Waals surface area (Å²) in [5.41, 5.74) is 0.769. The van der Waals surface area contributed by atoms with E-state index in [0.29, 0.717) is 11.4 Å². The maximum Gasteiger partial charge on any atom is 0.288 e. The van der Waals surface area contributed by atoms with E-state index >= 15 is 0 Å². The summed E-state index contributed by atoms with van der Waals surface area (Å²) in [5, 5.41) is 26.9. The Morgan fingerprint density at radius 2 is 2.29 bits per heavy atom. The second-order valence-corrected chi connectivity index (χ2v) is 3.61. The van der Waals surface area contributed by atoms with E-state index in [9.17, 15) is 10.1 Å². The molecule has 2 aromatic rings. The van der Waals surface area contributed by atoms with E-state index in [1.54, 1.807) is 0 Å². The molecule has 88 valence electrons. The Labute approximate surface area is 100 Å². The lowest BCUT2D eigenvalue weighted by Crippen LogP contribution is -1.96. The number of benzene rings is 1. The van der Waals surface area contributed by atoms with Crippen molar-refractivity contribution in [1.29, 1.82) is 0 Å². The van der Waals surface area contributed by atoms with Crippen molar-refractivity contribution < 1.29 is 10.0 Å². The summed E-state index contributed by atoms with van der Waals surface area (Å²) in [5.74, 6) is 0. The van der Waals surface area contributed by atoms with Crippen LogP contribution in [-0.2, 0) is 6.61 Å². The third kappa shape index (κ3) is 2.24. The predicted molar refractivity (Wildman–Crippen MR) is 58.9 cm³/mol. The Kier molecular flexibility index (Phi) is 3.03. The molecule has 0 radical (unpaired) electrons. The van der Waals surface area contributed by atoms with Crippen molar-refractivity contribution >= 4 is 17.3 Å². The summed E-state index contributed by atoms with van der Waals surface area (Å²) < 4.78 is 1.38. The van der Waals surface area contributed by atoms with Crippen molar-refractivity contribution in [1.82, 2.24) is 15.0 Å². The highest BCUT2D eigenvalue weighted by Crippen LogP contribution is 2.26. The number of nitro groups is 1. The maximum atomic E-state index is 10.6. The van der Waals surface area contributed by atoms with E-state index in [4.69, 9.17) is 16.7 Å². The van der Waals surface area contributed by atoms with Crippen LogP contribution in [0.15, 0.2) is 24.4 Å². The molecule has 2 rings (SSSR count). The third-order valence-corrected chi connectivity index (χ3v) is 2.40. The first kappa shape index (κ1) is 11.5. The van der Waals surface area contributed by atoms with Crippen molar-refractivity contribution in [3.05, 3.63) is 45.2 Å². The molecule has 0 fully saturated rings. The van der Waals surface area contributed by atoms with Crippen LogP contribution in [0.5, 0.6) is 0 Å². The van der Waals surface area contributed by atoms with Crippen LogP contribution in [0.4, 0.5) is 5.69 Å². The molecule has 1 aromatic heterocycles. The van der Waals surface area contributed by atoms with E-state index in [-0.39, 0.29) is 17.3 Å². The molecule has 0 spiro atoms. The van der Waals surface area contributed by atoms with Gasteiger partial charge in [0.25, 0.3) is 5.69 Å². The molecule has 1 N–H and O–H groups in total. The zero-order valence-electron chi connectivity index (χ0n) is 8.45. The number of rotatable bonds is 3. The average molecular weight is 255 g/mol. The molecule has 0 bridgehead atoms. The number of aliphatic hydroxyl groups excluding tert-OH is 1. The summed E-state index contributed by atoms with van der Waals surface area (Å²) in [6, 6.07) is 4.20. The molecule has 17 heavy (non-hydrogen) atoms. The monoisotopic (exact) mass is 254 g/mol. The highest BCUT2D eigenvalue weighted by Gasteiger charge is 2.13. The van der Waals surface area contributed by atoms with Gasteiger partial charge in [-0.15, -0.1) is 5.10 Å². The minimum atomic E-state index is -0.563. The van der Waals surface area contributed by atoms with Gasteiger partial charge in [-0.25, -0.2) is 4.68 Å². The summed E-state index contributed by atoms with van der Waals surface area (Å²) in [6.45, 7) is -0.222. The Bertz CT molecular complexity index is 569. The van der Waals surface area contributed by atoms with Gasteiger partial charge in [-0.05, 0) is 12.1 Å². The Morgan fingerprint density at radius 1 is 1.53 bits per heavy atom. The molecule has 1 heterocycles. The molecule has 0 amide bonds. The summed E-state index contributed by atoms with van der Waals surface area (Å²) in [7, 11) is 0. The normalized spacial score (nSPS) is 10.5. The summed E-state index contributed by atoms with van der Waals surface area (Å²) in [6.07, 6.45) is 1.51. The lowest BCUT2D eigenvalue weighted by Gasteiger charge is -2.00. The summed E-state index contributed by atoms with van der Waals surface area (Å²) in [4.78, 5) is 10.0. The van der Waals surface area contributed by atoms with Crippen molar-refractivity contribution in [2.75, 3.05) is 0 Å². The van der Waals surface area contributed by atoms with Crippen LogP contribution in [0.25, 0.3) is 5.69 Å². The molecule has 7 nitrogen and oxygen atoms in total. The lowest BCUT2D eigenvalue weighted by atomic mass is 10.3. The van der Waals surface area contributed by atoms with Gasteiger partial charge in [0, 0.05) is 6.07 Å². The second-order valence-electron chi connectivity index (χ2n) is 3.21. The number of nitrogens with zero attached hydrogens (tertiary/aromatic N) is 4. The van der Waals surface area contributed by atoms with Crippen LogP contribution < -0.4 is 0 Å². The topological polar surface area (TPSA) is 94.1 Å². The maximum absolute atomic E-state index is 10.6. The molecule has 0 aliphatic carbocycles. The third-order valence-electron chi connectivity index (χ3n) is 2.10. The molecule has 0 saturated heterocycles. The van der Waals surface area contributed by atoms with E-state index in [1.807, 2.05) is 0 Å². The fourth-order valence-corrected chi connectivity index (χ4v) is 1.53. The predicted octanol–water partition coefficient (Wildman–Crippen LogP) is 1.32. The van der Waals surface area contributed by atoms with E-state index < -0.39 is 4.92 Å². The molecule has 0 aliphatic rings. The van der Waals surface area contributed by atoms with Crippen molar-refractivity contribution in [3.8, 4) is 5.69 Å². The first-order valence-corrected chi connectivity index (χ1v) is 4.96. The molecular formula is C9H7ClN4O3. The molecule has 0 atom stereocenters. The van der Waals surface area contributed by atoms with Crippen LogP contribution >= 0.6 is 11.6 Å². The van der Waals surface area contributed by atoms with Crippen LogP contribution in [0.2, 0.25) is 5.02 Å². The Balaban J connectivity index is 2.40. The van der Waals surface area contributed by atoms with Gasteiger partial charge in [-0.3, -0.25) is 10.1 Å². The first-order chi connectivity index (χ1) is 8.11. The zero-order valence-corrected chi connectivity index (χ0v) is 9.20. The second kappa shape index (κ2) is 4.48. The number of aliphatic hydroxyl groups is 1. The Hall–Kier alpha value is -1.99. The van der Waals surface area contributed by atoms with Gasteiger partial charge in [0.05, 0.1) is 23.4 Å². The average Bonchev–Trinajstić information content (AvgIpc) is 2.76. The van der Waals surface area contributed by atoms with Crippen LogP contribution in [-0.4, -0.2) is 25.0 Å². The van der Waals surface area contributed by atoms with Gasteiger partial charge in [0.1, 0.15) is 10.7 Å². The fourth-order valence-electron chi connectivity index (χ4n) is 1.28. The van der Waals surface area contributed by atoms with Gasteiger partial charge >= 0.3 is 0 Å². The van der Waals surface area contributed by atoms with Gasteiger partial charge in [-0.1, -0.05) is 16.8 Å². The van der Waals surface area contributed by atoms with Gasteiger partial charge < -0.3 is 5.11 Å². The highest BCUT2D eigenvalue weighted by atomic mass is 35.5. The minimum Gasteiger partial charge on any atom is -0.390 e. The number of hydrogen-bond acceptors (Lipinski definition) is 5. The van der Waals surface area contributed by atoms with Crippen molar-refractivity contribution in [2.45, 2.75) is 6.61 Å². The van der Waals surface area contributed by atoms with Crippen LogP contribution in [0.1, 0.15) is 5.69 Å². The van der Waals surface area contributed by atoms with Crippen LogP contribution in [0, 0.1) is 10.1 Å². The number of hydrogen-bond donors (Lipinski definition) is 1. The Morgan fingerprint density at radius 3 is 2.82 bits per heavy atom. The smallest absolute Gasteiger partial charge is 0.288 e. The number of halogens is 1. The van der Waals surface area contributed by atoms with E-state index in [1.165, 1.54) is 29.1 Å². The highest BCUT2D eigenvalue weighted by molar-refractivity contribution is 6.32. The minimum absolute atomic E-state index is 0.0218. The fraction of sp³-hybridized carbons (Fsp3) is 0.111.